The standard InChI is InChI=1S/C20H32N6O2.HI/c1-2-22-20(23-8-15-28-18-6-5-7-21-16-18)26-13-11-24(12-14-26)17-19(27)25-9-3-4-10-25;/h5-7,16H,2-4,8-15,17H2,1H3,(H,22,23);1H. The molecule has 0 aliphatic carbocycles. The Morgan fingerprint density at radius 3 is 2.59 bits per heavy atom. The second-order valence-electron chi connectivity index (χ2n) is 7.12. The predicted octanol–water partition coefficient (Wildman–Crippen LogP) is 1.28. The fraction of sp³-hybridized carbons (Fsp3) is 0.650. The Kier molecular flexibility index (Phi) is 10.5. The third kappa shape index (κ3) is 7.61. The Bertz CT molecular complexity index is 631. The second kappa shape index (κ2) is 12.8. The maximum atomic E-state index is 12.3. The maximum Gasteiger partial charge on any atom is 0.236 e. The van der Waals surface area contributed by atoms with Crippen LogP contribution < -0.4 is 10.1 Å². The smallest absolute Gasteiger partial charge is 0.236 e. The van der Waals surface area contributed by atoms with Gasteiger partial charge in [0.05, 0.1) is 19.3 Å². The molecular formula is C20H33IN6O2. The van der Waals surface area contributed by atoms with Crippen molar-refractivity contribution in [1.29, 1.82) is 0 Å². The van der Waals surface area contributed by atoms with Gasteiger partial charge in [0, 0.05) is 52.0 Å². The molecule has 0 spiro atoms. The lowest BCUT2D eigenvalue weighted by molar-refractivity contribution is -0.131. The van der Waals surface area contributed by atoms with Gasteiger partial charge in [-0.15, -0.1) is 24.0 Å². The van der Waals surface area contributed by atoms with Crippen LogP contribution in [0.5, 0.6) is 5.75 Å². The van der Waals surface area contributed by atoms with Crippen molar-refractivity contribution in [1.82, 2.24) is 25.0 Å². The summed E-state index contributed by atoms with van der Waals surface area (Å²) in [5.74, 6) is 1.96. The van der Waals surface area contributed by atoms with Crippen molar-refractivity contribution >= 4 is 35.8 Å². The second-order valence-corrected chi connectivity index (χ2v) is 7.12. The number of hydrogen-bond acceptors (Lipinski definition) is 5. The number of aromatic nitrogens is 1. The Morgan fingerprint density at radius 1 is 1.17 bits per heavy atom. The third-order valence-electron chi connectivity index (χ3n) is 5.08. The molecule has 29 heavy (non-hydrogen) atoms. The van der Waals surface area contributed by atoms with Gasteiger partial charge in [-0.05, 0) is 31.9 Å². The summed E-state index contributed by atoms with van der Waals surface area (Å²) in [5, 5.41) is 3.37. The summed E-state index contributed by atoms with van der Waals surface area (Å²) in [6, 6.07) is 3.75. The SMILES string of the molecule is CCNC(=NCCOc1cccnc1)N1CCN(CC(=O)N2CCCC2)CC1.I. The molecule has 8 nitrogen and oxygen atoms in total. The number of aliphatic imine (C=N–C) groups is 1. The van der Waals surface area contributed by atoms with Crippen LogP contribution in [0.25, 0.3) is 0 Å². The molecule has 2 saturated heterocycles. The van der Waals surface area contributed by atoms with E-state index in [1.165, 1.54) is 0 Å². The number of amides is 1. The van der Waals surface area contributed by atoms with E-state index in [0.29, 0.717) is 19.7 Å². The molecule has 2 aliphatic heterocycles. The number of carbonyl (C=O) groups is 1. The zero-order chi connectivity index (χ0) is 19.6. The summed E-state index contributed by atoms with van der Waals surface area (Å²) >= 11 is 0. The summed E-state index contributed by atoms with van der Waals surface area (Å²) in [7, 11) is 0. The minimum Gasteiger partial charge on any atom is -0.490 e. The molecule has 1 amide bonds. The highest BCUT2D eigenvalue weighted by molar-refractivity contribution is 14.0. The molecule has 3 rings (SSSR count). The van der Waals surface area contributed by atoms with Crippen LogP contribution in [0.15, 0.2) is 29.5 Å². The van der Waals surface area contributed by atoms with E-state index >= 15 is 0 Å². The van der Waals surface area contributed by atoms with Crippen LogP contribution in [0.4, 0.5) is 0 Å². The molecular weight excluding hydrogens is 483 g/mol. The average molecular weight is 516 g/mol. The molecule has 1 aromatic rings. The number of halogens is 1. The van der Waals surface area contributed by atoms with Crippen LogP contribution in [0.1, 0.15) is 19.8 Å². The van der Waals surface area contributed by atoms with Crippen molar-refractivity contribution in [3.8, 4) is 5.75 Å². The number of nitrogens with one attached hydrogen (secondary N) is 1. The lowest BCUT2D eigenvalue weighted by Crippen LogP contribution is -2.54. The minimum absolute atomic E-state index is 0. The highest BCUT2D eigenvalue weighted by atomic mass is 127. The van der Waals surface area contributed by atoms with Crippen molar-refractivity contribution in [3.05, 3.63) is 24.5 Å². The first-order valence-corrected chi connectivity index (χ1v) is 10.3. The molecule has 0 atom stereocenters. The zero-order valence-electron chi connectivity index (χ0n) is 17.3. The van der Waals surface area contributed by atoms with Gasteiger partial charge in [-0.1, -0.05) is 0 Å². The highest BCUT2D eigenvalue weighted by Gasteiger charge is 2.24. The molecule has 2 fully saturated rings. The Balaban J connectivity index is 0.00000300. The van der Waals surface area contributed by atoms with Crippen LogP contribution in [0, 0.1) is 0 Å². The van der Waals surface area contributed by atoms with Gasteiger partial charge in [-0.25, -0.2) is 4.99 Å². The van der Waals surface area contributed by atoms with Gasteiger partial charge in [0.25, 0.3) is 0 Å². The number of carbonyl (C=O) groups excluding carboxylic acids is 1. The molecule has 9 heteroatoms. The van der Waals surface area contributed by atoms with Gasteiger partial charge >= 0.3 is 0 Å². The largest absolute Gasteiger partial charge is 0.490 e. The minimum atomic E-state index is 0. The monoisotopic (exact) mass is 516 g/mol. The number of hydrogen-bond donors (Lipinski definition) is 1. The number of likely N-dealkylation sites (tertiary alicyclic amines) is 1. The molecule has 1 N–H and O–H groups in total. The summed E-state index contributed by atoms with van der Waals surface area (Å²) < 4.78 is 5.67. The Labute approximate surface area is 190 Å². The van der Waals surface area contributed by atoms with E-state index < -0.39 is 0 Å². The van der Waals surface area contributed by atoms with Gasteiger partial charge in [-0.3, -0.25) is 14.7 Å². The summed E-state index contributed by atoms with van der Waals surface area (Å²) in [6.45, 7) is 9.94. The molecule has 0 unspecified atom stereocenters. The quantitative estimate of drug-likeness (QED) is 0.255. The van der Waals surface area contributed by atoms with Crippen molar-refractivity contribution in [2.75, 3.05) is 65.5 Å². The summed E-state index contributed by atoms with van der Waals surface area (Å²) in [4.78, 5) is 27.6. The van der Waals surface area contributed by atoms with Crippen molar-refractivity contribution < 1.29 is 9.53 Å². The fourth-order valence-corrected chi connectivity index (χ4v) is 3.55. The Morgan fingerprint density at radius 2 is 1.93 bits per heavy atom. The van der Waals surface area contributed by atoms with E-state index in [2.05, 4.69) is 27.0 Å². The van der Waals surface area contributed by atoms with Gasteiger partial charge in [0.1, 0.15) is 12.4 Å². The van der Waals surface area contributed by atoms with Crippen molar-refractivity contribution in [3.63, 3.8) is 0 Å². The number of rotatable bonds is 7. The molecule has 0 saturated carbocycles. The van der Waals surface area contributed by atoms with Crippen molar-refractivity contribution in [2.24, 2.45) is 4.99 Å². The fourth-order valence-electron chi connectivity index (χ4n) is 3.55. The number of pyridine rings is 1. The third-order valence-corrected chi connectivity index (χ3v) is 5.08. The van der Waals surface area contributed by atoms with Crippen LogP contribution in [-0.4, -0.2) is 97.1 Å². The Hall–Kier alpha value is -1.62. The van der Waals surface area contributed by atoms with E-state index in [1.807, 2.05) is 17.0 Å². The van der Waals surface area contributed by atoms with Crippen LogP contribution in [0.2, 0.25) is 0 Å². The zero-order valence-corrected chi connectivity index (χ0v) is 19.6. The van der Waals surface area contributed by atoms with Gasteiger partial charge in [0.15, 0.2) is 5.96 Å². The number of ether oxygens (including phenoxy) is 1. The van der Waals surface area contributed by atoms with E-state index in [-0.39, 0.29) is 29.9 Å². The molecule has 0 aromatic carbocycles. The predicted molar refractivity (Wildman–Crippen MR) is 125 cm³/mol. The normalized spacial score (nSPS) is 17.8. The van der Waals surface area contributed by atoms with Crippen molar-refractivity contribution in [2.45, 2.75) is 19.8 Å². The summed E-state index contributed by atoms with van der Waals surface area (Å²) in [5.41, 5.74) is 0. The molecule has 0 bridgehead atoms. The molecule has 3 heterocycles. The van der Waals surface area contributed by atoms with Crippen LogP contribution >= 0.6 is 24.0 Å². The first-order chi connectivity index (χ1) is 13.8. The number of guanidine groups is 1. The first kappa shape index (κ1) is 23.7. The first-order valence-electron chi connectivity index (χ1n) is 10.3. The van der Waals surface area contributed by atoms with Gasteiger partial charge in [0.2, 0.25) is 5.91 Å². The number of nitrogens with zero attached hydrogens (tertiary/aromatic N) is 5. The van der Waals surface area contributed by atoms with Crippen LogP contribution in [-0.2, 0) is 4.79 Å². The highest BCUT2D eigenvalue weighted by Crippen LogP contribution is 2.10. The van der Waals surface area contributed by atoms with E-state index in [0.717, 1.165) is 70.4 Å². The maximum absolute atomic E-state index is 12.3. The van der Waals surface area contributed by atoms with E-state index in [4.69, 9.17) is 9.73 Å². The van der Waals surface area contributed by atoms with E-state index in [1.54, 1.807) is 12.4 Å². The van der Waals surface area contributed by atoms with Gasteiger partial charge < -0.3 is 19.9 Å². The molecule has 162 valence electrons. The van der Waals surface area contributed by atoms with Crippen LogP contribution in [0.3, 0.4) is 0 Å². The molecule has 2 aliphatic rings. The molecule has 1 aromatic heterocycles. The average Bonchev–Trinajstić information content (AvgIpc) is 3.27. The lowest BCUT2D eigenvalue weighted by atomic mass is 10.3. The topological polar surface area (TPSA) is 73.3 Å². The lowest BCUT2D eigenvalue weighted by Gasteiger charge is -2.36. The van der Waals surface area contributed by atoms with E-state index in [9.17, 15) is 4.79 Å². The van der Waals surface area contributed by atoms with Gasteiger partial charge in [-0.2, -0.15) is 0 Å². The summed E-state index contributed by atoms with van der Waals surface area (Å²) in [6.07, 6.45) is 5.73. The molecule has 0 radical (unpaired) electrons. The number of piperazine rings is 1.